The minimum Gasteiger partial charge on any atom is -0.464 e. The number of methoxy groups -OCH3 is 1. The maximum Gasteiger partial charge on any atom is 0.356 e. The number of carbonyl (C=O) groups excluding carboxylic acids is 1. The highest BCUT2D eigenvalue weighted by Gasteiger charge is 2.13. The van der Waals surface area contributed by atoms with Gasteiger partial charge in [0.2, 0.25) is 0 Å². The number of hydrogen-bond donors (Lipinski definition) is 1. The van der Waals surface area contributed by atoms with E-state index < -0.39 is 5.97 Å². The third kappa shape index (κ3) is 2.28. The van der Waals surface area contributed by atoms with E-state index in [1.54, 1.807) is 24.3 Å². The van der Waals surface area contributed by atoms with Crippen LogP contribution in [0.5, 0.6) is 0 Å². The molecular formula is C11H8Cl2N2O2. The van der Waals surface area contributed by atoms with E-state index in [4.69, 9.17) is 23.2 Å². The van der Waals surface area contributed by atoms with Crippen LogP contribution in [0, 0.1) is 0 Å². The predicted molar refractivity (Wildman–Crippen MR) is 65.4 cm³/mol. The minimum atomic E-state index is -0.484. The van der Waals surface area contributed by atoms with Crippen LogP contribution in [-0.2, 0) is 4.74 Å². The Morgan fingerprint density at radius 3 is 2.88 bits per heavy atom. The smallest absolute Gasteiger partial charge is 0.356 e. The van der Waals surface area contributed by atoms with Crippen molar-refractivity contribution in [2.24, 2.45) is 0 Å². The van der Waals surface area contributed by atoms with Gasteiger partial charge in [-0.05, 0) is 12.1 Å². The maximum atomic E-state index is 11.3. The van der Waals surface area contributed by atoms with Gasteiger partial charge in [-0.1, -0.05) is 35.3 Å². The molecule has 0 aliphatic heterocycles. The lowest BCUT2D eigenvalue weighted by Crippen LogP contribution is -2.00. The molecule has 0 atom stereocenters. The number of benzene rings is 1. The van der Waals surface area contributed by atoms with E-state index in [2.05, 4.69) is 14.9 Å². The Hall–Kier alpha value is -1.52. The summed E-state index contributed by atoms with van der Waals surface area (Å²) in [6.45, 7) is 0. The SMILES string of the molecule is COC(=O)c1cc(-c2cccc(Cl)c2Cl)n[nH]1. The summed E-state index contributed by atoms with van der Waals surface area (Å²) in [7, 11) is 1.30. The van der Waals surface area contributed by atoms with Gasteiger partial charge in [-0.15, -0.1) is 0 Å². The van der Waals surface area contributed by atoms with Crippen LogP contribution < -0.4 is 0 Å². The molecule has 0 saturated heterocycles. The van der Waals surface area contributed by atoms with Gasteiger partial charge in [0.1, 0.15) is 5.69 Å². The van der Waals surface area contributed by atoms with Crippen LogP contribution in [-0.4, -0.2) is 23.3 Å². The van der Waals surface area contributed by atoms with E-state index in [0.29, 0.717) is 21.3 Å². The lowest BCUT2D eigenvalue weighted by Gasteiger charge is -2.01. The van der Waals surface area contributed by atoms with Crippen LogP contribution in [0.4, 0.5) is 0 Å². The van der Waals surface area contributed by atoms with Gasteiger partial charge in [-0.2, -0.15) is 5.10 Å². The van der Waals surface area contributed by atoms with Crippen molar-refractivity contribution >= 4 is 29.2 Å². The van der Waals surface area contributed by atoms with Gasteiger partial charge in [-0.25, -0.2) is 4.79 Å². The molecule has 1 aromatic heterocycles. The summed E-state index contributed by atoms with van der Waals surface area (Å²) in [5, 5.41) is 7.40. The largest absolute Gasteiger partial charge is 0.464 e. The molecular weight excluding hydrogens is 263 g/mol. The average Bonchev–Trinajstić information content (AvgIpc) is 2.81. The summed E-state index contributed by atoms with van der Waals surface area (Å²) in [4.78, 5) is 11.3. The standard InChI is InChI=1S/C11H8Cl2N2O2/c1-17-11(16)9-5-8(14-15-9)6-3-2-4-7(12)10(6)13/h2-5H,1H3,(H,14,15). The molecule has 1 heterocycles. The Kier molecular flexibility index (Phi) is 3.36. The highest BCUT2D eigenvalue weighted by Crippen LogP contribution is 2.32. The Morgan fingerprint density at radius 1 is 1.41 bits per heavy atom. The quantitative estimate of drug-likeness (QED) is 0.853. The van der Waals surface area contributed by atoms with Crippen LogP contribution in [0.1, 0.15) is 10.5 Å². The molecule has 2 rings (SSSR count). The number of ether oxygens (including phenoxy) is 1. The van der Waals surface area contributed by atoms with E-state index in [0.717, 1.165) is 0 Å². The number of halogens is 2. The van der Waals surface area contributed by atoms with Crippen molar-refractivity contribution in [3.63, 3.8) is 0 Å². The van der Waals surface area contributed by atoms with Gasteiger partial charge in [0.25, 0.3) is 0 Å². The molecule has 1 N–H and O–H groups in total. The van der Waals surface area contributed by atoms with Crippen molar-refractivity contribution < 1.29 is 9.53 Å². The summed E-state index contributed by atoms with van der Waals surface area (Å²) in [5.41, 5.74) is 1.46. The monoisotopic (exact) mass is 270 g/mol. The number of nitrogens with zero attached hydrogens (tertiary/aromatic N) is 1. The van der Waals surface area contributed by atoms with Crippen LogP contribution >= 0.6 is 23.2 Å². The zero-order chi connectivity index (χ0) is 12.4. The zero-order valence-corrected chi connectivity index (χ0v) is 10.3. The van der Waals surface area contributed by atoms with E-state index in [9.17, 15) is 4.79 Å². The van der Waals surface area contributed by atoms with Crippen LogP contribution in [0.25, 0.3) is 11.3 Å². The third-order valence-electron chi connectivity index (χ3n) is 2.21. The summed E-state index contributed by atoms with van der Waals surface area (Å²) < 4.78 is 4.57. The molecule has 6 heteroatoms. The number of esters is 1. The highest BCUT2D eigenvalue weighted by atomic mass is 35.5. The van der Waals surface area contributed by atoms with Crippen molar-refractivity contribution in [3.05, 3.63) is 40.0 Å². The molecule has 2 aromatic rings. The second-order valence-corrected chi connectivity index (χ2v) is 4.04. The fourth-order valence-electron chi connectivity index (χ4n) is 1.38. The van der Waals surface area contributed by atoms with E-state index >= 15 is 0 Å². The van der Waals surface area contributed by atoms with E-state index in [-0.39, 0.29) is 5.69 Å². The normalized spacial score (nSPS) is 10.3. The maximum absolute atomic E-state index is 11.3. The lowest BCUT2D eigenvalue weighted by atomic mass is 10.1. The van der Waals surface area contributed by atoms with Gasteiger partial charge < -0.3 is 4.74 Å². The molecule has 0 fully saturated rings. The van der Waals surface area contributed by atoms with Crippen LogP contribution in [0.15, 0.2) is 24.3 Å². The van der Waals surface area contributed by atoms with Crippen molar-refractivity contribution in [2.45, 2.75) is 0 Å². The number of H-pyrrole nitrogens is 1. The Bertz CT molecular complexity index is 566. The molecule has 0 radical (unpaired) electrons. The summed E-state index contributed by atoms with van der Waals surface area (Å²) in [6.07, 6.45) is 0. The van der Waals surface area contributed by atoms with Gasteiger partial charge in [0.15, 0.2) is 0 Å². The van der Waals surface area contributed by atoms with Gasteiger partial charge in [0, 0.05) is 5.56 Å². The van der Waals surface area contributed by atoms with Crippen LogP contribution in [0.2, 0.25) is 10.0 Å². The molecule has 0 amide bonds. The molecule has 0 bridgehead atoms. The first-order chi connectivity index (χ1) is 8.13. The van der Waals surface area contributed by atoms with Gasteiger partial charge >= 0.3 is 5.97 Å². The third-order valence-corrected chi connectivity index (χ3v) is 3.03. The molecule has 0 unspecified atom stereocenters. The molecule has 0 aliphatic carbocycles. The Morgan fingerprint density at radius 2 is 2.18 bits per heavy atom. The number of aromatic amines is 1. The molecule has 0 spiro atoms. The second kappa shape index (κ2) is 4.77. The second-order valence-electron chi connectivity index (χ2n) is 3.26. The van der Waals surface area contributed by atoms with Crippen molar-refractivity contribution in [2.75, 3.05) is 7.11 Å². The summed E-state index contributed by atoms with van der Waals surface area (Å²) in [5.74, 6) is -0.484. The van der Waals surface area contributed by atoms with Crippen molar-refractivity contribution in [1.29, 1.82) is 0 Å². The molecule has 4 nitrogen and oxygen atoms in total. The molecule has 0 saturated carbocycles. The first-order valence-electron chi connectivity index (χ1n) is 4.71. The highest BCUT2D eigenvalue weighted by molar-refractivity contribution is 6.43. The Balaban J connectivity index is 2.44. The number of aromatic nitrogens is 2. The van der Waals surface area contributed by atoms with E-state index in [1.165, 1.54) is 7.11 Å². The number of rotatable bonds is 2. The molecule has 88 valence electrons. The number of carbonyl (C=O) groups is 1. The van der Waals surface area contributed by atoms with Crippen molar-refractivity contribution in [3.8, 4) is 11.3 Å². The fraction of sp³-hybridized carbons (Fsp3) is 0.0909. The molecule has 17 heavy (non-hydrogen) atoms. The Labute approximate surface area is 107 Å². The summed E-state index contributed by atoms with van der Waals surface area (Å²) in [6, 6.07) is 6.77. The zero-order valence-electron chi connectivity index (χ0n) is 8.83. The minimum absolute atomic E-state index is 0.263. The average molecular weight is 271 g/mol. The van der Waals surface area contributed by atoms with E-state index in [1.807, 2.05) is 0 Å². The van der Waals surface area contributed by atoms with Crippen molar-refractivity contribution in [1.82, 2.24) is 10.2 Å². The molecule has 0 aliphatic rings. The van der Waals surface area contributed by atoms with Gasteiger partial charge in [-0.3, -0.25) is 5.10 Å². The molecule has 1 aromatic carbocycles. The van der Waals surface area contributed by atoms with Gasteiger partial charge in [0.05, 0.1) is 22.8 Å². The fourth-order valence-corrected chi connectivity index (χ4v) is 1.77. The number of nitrogens with one attached hydrogen (secondary N) is 1. The number of hydrogen-bond acceptors (Lipinski definition) is 3. The lowest BCUT2D eigenvalue weighted by molar-refractivity contribution is 0.0594. The first kappa shape index (κ1) is 12.0. The predicted octanol–water partition coefficient (Wildman–Crippen LogP) is 3.17. The first-order valence-corrected chi connectivity index (χ1v) is 5.47. The summed E-state index contributed by atoms with van der Waals surface area (Å²) >= 11 is 11.9. The topological polar surface area (TPSA) is 55.0 Å². The van der Waals surface area contributed by atoms with Crippen LogP contribution in [0.3, 0.4) is 0 Å².